The van der Waals surface area contributed by atoms with Gasteiger partial charge in [0.25, 0.3) is 0 Å². The number of nitrogens with zero attached hydrogens (tertiary/aromatic N) is 3. The van der Waals surface area contributed by atoms with E-state index in [4.69, 9.17) is 9.40 Å². The molecule has 4 aromatic heterocycles. The van der Waals surface area contributed by atoms with Gasteiger partial charge >= 0.3 is 0 Å². The van der Waals surface area contributed by atoms with Crippen molar-refractivity contribution in [3.05, 3.63) is 108 Å². The summed E-state index contributed by atoms with van der Waals surface area (Å²) in [6, 6.07) is 29.5. The van der Waals surface area contributed by atoms with Crippen molar-refractivity contribution in [2.24, 2.45) is 5.41 Å². The minimum atomic E-state index is -1.37. The van der Waals surface area contributed by atoms with Gasteiger partial charge in [-0.2, -0.15) is 0 Å². The van der Waals surface area contributed by atoms with Gasteiger partial charge in [0.2, 0.25) is 5.71 Å². The van der Waals surface area contributed by atoms with E-state index in [2.05, 4.69) is 99.0 Å². The van der Waals surface area contributed by atoms with E-state index in [9.17, 15) is 0 Å². The van der Waals surface area contributed by atoms with Crippen LogP contribution >= 0.6 is 0 Å². The van der Waals surface area contributed by atoms with Crippen LogP contribution in [-0.2, 0) is 26.5 Å². The van der Waals surface area contributed by atoms with Gasteiger partial charge in [0, 0.05) is 43.6 Å². The predicted molar refractivity (Wildman–Crippen MR) is 199 cm³/mol. The van der Waals surface area contributed by atoms with Crippen molar-refractivity contribution in [1.29, 1.82) is 0 Å². The Morgan fingerprint density at radius 1 is 0.854 bits per heavy atom. The molecule has 0 N–H and O–H groups in total. The molecule has 48 heavy (non-hydrogen) atoms. The average molecular weight is 830 g/mol. The fraction of sp³-hybridized carbons (Fsp3) is 0.357. The smallest absolute Gasteiger partial charge is 0.216 e. The summed E-state index contributed by atoms with van der Waals surface area (Å²) in [6.07, 6.45) is 11.7. The topological polar surface area (TPSA) is 51.8 Å². The van der Waals surface area contributed by atoms with Crippen LogP contribution < -0.4 is 5.19 Å². The summed E-state index contributed by atoms with van der Waals surface area (Å²) < 4.78 is 6.12. The largest absolute Gasteiger partial charge is 0.486 e. The molecule has 4 heterocycles. The molecule has 6 aromatic rings. The molecule has 0 bridgehead atoms. The number of hydrogen-bond acceptors (Lipinski definition) is 4. The summed E-state index contributed by atoms with van der Waals surface area (Å²) in [5, 5.41) is 3.60. The first-order chi connectivity index (χ1) is 22.5. The Morgan fingerprint density at radius 2 is 1.65 bits per heavy atom. The first-order valence-corrected chi connectivity index (χ1v) is 20.6. The average Bonchev–Trinajstić information content (AvgIpc) is 3.42. The van der Waals surface area contributed by atoms with Crippen molar-refractivity contribution in [1.82, 2.24) is 15.0 Å². The van der Waals surface area contributed by atoms with E-state index in [1.165, 1.54) is 48.4 Å². The molecule has 6 heteroatoms. The summed E-state index contributed by atoms with van der Waals surface area (Å²) >= 11 is 0. The van der Waals surface area contributed by atoms with Crippen LogP contribution in [0.2, 0.25) is 19.6 Å². The van der Waals surface area contributed by atoms with Crippen molar-refractivity contribution < 1.29 is 24.5 Å². The van der Waals surface area contributed by atoms with Crippen LogP contribution in [0.25, 0.3) is 44.6 Å². The molecule has 1 fully saturated rings. The third kappa shape index (κ3) is 8.40. The third-order valence-electron chi connectivity index (χ3n) is 9.06. The van der Waals surface area contributed by atoms with Crippen molar-refractivity contribution in [2.45, 2.75) is 91.8 Å². The van der Waals surface area contributed by atoms with E-state index in [-0.39, 0.29) is 25.5 Å². The Balaban J connectivity index is 0.000000189. The monoisotopic (exact) mass is 830 g/mol. The Kier molecular flexibility index (Phi) is 11.2. The molecule has 0 amide bonds. The first-order valence-electron chi connectivity index (χ1n) is 17.1. The number of pyridine rings is 3. The van der Waals surface area contributed by atoms with Crippen molar-refractivity contribution in [3.8, 4) is 22.5 Å². The minimum absolute atomic E-state index is 0. The maximum Gasteiger partial charge on any atom is 0.216 e. The maximum absolute atomic E-state index is 6.12. The molecule has 251 valence electrons. The number of rotatable bonds is 5. The number of aromatic nitrogens is 3. The second kappa shape index (κ2) is 15.0. The van der Waals surface area contributed by atoms with Crippen LogP contribution in [0, 0.1) is 24.5 Å². The summed E-state index contributed by atoms with van der Waals surface area (Å²) in [7, 11) is -1.37. The fourth-order valence-electron chi connectivity index (χ4n) is 6.77. The van der Waals surface area contributed by atoms with Crippen LogP contribution in [0.3, 0.4) is 0 Å². The molecule has 4 nitrogen and oxygen atoms in total. The second-order valence-electron chi connectivity index (χ2n) is 15.3. The van der Waals surface area contributed by atoms with Crippen LogP contribution in [0.15, 0.2) is 83.5 Å². The van der Waals surface area contributed by atoms with Crippen molar-refractivity contribution in [2.75, 3.05) is 0 Å². The van der Waals surface area contributed by atoms with Gasteiger partial charge in [0.1, 0.15) is 0 Å². The molecule has 0 atom stereocenters. The molecule has 1 radical (unpaired) electrons. The number of aryl methyl sites for hydroxylation is 1. The second-order valence-corrected chi connectivity index (χ2v) is 20.3. The van der Waals surface area contributed by atoms with Crippen molar-refractivity contribution >= 4 is 35.3 Å². The molecular weight excluding hydrogens is 783 g/mol. The fourth-order valence-corrected chi connectivity index (χ4v) is 8.34. The molecule has 0 aliphatic heterocycles. The van der Waals surface area contributed by atoms with E-state index < -0.39 is 8.07 Å². The summed E-state index contributed by atoms with van der Waals surface area (Å²) in [6.45, 7) is 16.1. The zero-order valence-corrected chi connectivity index (χ0v) is 32.8. The Hall–Kier alpha value is -3.44. The summed E-state index contributed by atoms with van der Waals surface area (Å²) in [4.78, 5) is 13.9. The SMILES string of the molecule is CC(C)(C)Cc1cc(-c2[c-]cccc2)ncc1[Si](C)(C)C.Cc1ccc2c(n1)oc1c(-c3cc(C4CCCCC4)ccn3)[c-]ccc12.[Ir]. The molecule has 2 aromatic carbocycles. The van der Waals surface area contributed by atoms with E-state index >= 15 is 0 Å². The van der Waals surface area contributed by atoms with E-state index in [1.54, 1.807) is 0 Å². The number of furan rings is 1. The molecule has 7 rings (SSSR count). The number of fused-ring (bicyclic) bond motifs is 3. The molecule has 1 saturated carbocycles. The van der Waals surface area contributed by atoms with Gasteiger partial charge in [-0.3, -0.25) is 0 Å². The molecule has 0 spiro atoms. The number of hydrogen-bond donors (Lipinski definition) is 0. The maximum atomic E-state index is 6.12. The zero-order chi connectivity index (χ0) is 33.2. The first kappa shape index (κ1) is 35.9. The van der Waals surface area contributed by atoms with Crippen LogP contribution in [0.5, 0.6) is 0 Å². The van der Waals surface area contributed by atoms with Gasteiger partial charge in [-0.25, -0.2) is 4.98 Å². The number of benzene rings is 2. The summed E-state index contributed by atoms with van der Waals surface area (Å²) in [5.74, 6) is 0.657. The van der Waals surface area contributed by atoms with Crippen LogP contribution in [0.1, 0.15) is 75.6 Å². The third-order valence-corrected chi connectivity index (χ3v) is 11.1. The molecular formula is C42H47IrN3OSi-2. The molecule has 1 aliphatic rings. The molecule has 0 saturated heterocycles. The normalized spacial score (nSPS) is 14.0. The Labute approximate surface area is 301 Å². The zero-order valence-electron chi connectivity index (χ0n) is 29.4. The van der Waals surface area contributed by atoms with Crippen LogP contribution in [0.4, 0.5) is 0 Å². The van der Waals surface area contributed by atoms with Gasteiger partial charge in [-0.15, -0.1) is 54.1 Å². The van der Waals surface area contributed by atoms with E-state index in [0.717, 1.165) is 51.0 Å². The van der Waals surface area contributed by atoms with Gasteiger partial charge in [-0.05, 0) is 72.3 Å². The molecule has 1 aliphatic carbocycles. The van der Waals surface area contributed by atoms with Gasteiger partial charge in [0.05, 0.1) is 13.7 Å². The van der Waals surface area contributed by atoms with Gasteiger partial charge < -0.3 is 14.4 Å². The van der Waals surface area contributed by atoms with Crippen LogP contribution in [-0.4, -0.2) is 23.0 Å². The van der Waals surface area contributed by atoms with E-state index in [1.807, 2.05) is 49.5 Å². The van der Waals surface area contributed by atoms with Crippen molar-refractivity contribution in [3.63, 3.8) is 0 Å². The minimum Gasteiger partial charge on any atom is -0.486 e. The standard InChI is InChI=1S/C23H21N2O.C19H26NSi.Ir/c1-15-10-11-19-18-8-5-9-20(22(18)26-23(19)25-15)21-14-17(12-13-24-21)16-6-3-2-4-7-16;1-19(2,3)13-16-12-17(15-10-8-7-9-11-15)20-14-18(16)21(4,5)6;/h5,8,10-14,16H,2-4,6-7H2,1H3;7-10,12,14H,13H2,1-6H3;/q2*-1;. The van der Waals surface area contributed by atoms with E-state index in [0.29, 0.717) is 11.6 Å². The summed E-state index contributed by atoms with van der Waals surface area (Å²) in [5.41, 5.74) is 9.59. The quantitative estimate of drug-likeness (QED) is 0.128. The van der Waals surface area contributed by atoms with Gasteiger partial charge in [-0.1, -0.05) is 93.9 Å². The Bertz CT molecular complexity index is 1980. The Morgan fingerprint density at radius 3 is 2.35 bits per heavy atom. The van der Waals surface area contributed by atoms with Gasteiger partial charge in [0.15, 0.2) is 0 Å². The predicted octanol–water partition coefficient (Wildman–Crippen LogP) is 10.9. The molecule has 0 unspecified atom stereocenters.